The van der Waals surface area contributed by atoms with E-state index in [-0.39, 0.29) is 30.2 Å². The first-order valence-corrected chi connectivity index (χ1v) is 11.0. The molecule has 1 heterocycles. The molecule has 9 heteroatoms. The molecule has 1 aliphatic rings. The fourth-order valence-corrected chi connectivity index (χ4v) is 3.85. The number of anilines is 2. The van der Waals surface area contributed by atoms with Crippen LogP contribution in [-0.4, -0.2) is 39.0 Å². The Balaban J connectivity index is 1.27. The molecule has 33 heavy (non-hydrogen) atoms. The van der Waals surface area contributed by atoms with Crippen molar-refractivity contribution >= 4 is 29.1 Å². The lowest BCUT2D eigenvalue weighted by atomic mass is 9.88. The third-order valence-electron chi connectivity index (χ3n) is 5.61. The largest absolute Gasteiger partial charge is 0.343 e. The summed E-state index contributed by atoms with van der Waals surface area (Å²) in [7, 11) is 0. The molecule has 1 aliphatic carbocycles. The van der Waals surface area contributed by atoms with Crippen LogP contribution in [0.3, 0.4) is 0 Å². The number of hydrogen-bond donors (Lipinski definition) is 3. The Morgan fingerprint density at radius 2 is 1.73 bits per heavy atom. The van der Waals surface area contributed by atoms with Crippen LogP contribution in [0.15, 0.2) is 61.2 Å². The summed E-state index contributed by atoms with van der Waals surface area (Å²) in [6, 6.07) is 13.8. The highest BCUT2D eigenvalue weighted by atomic mass is 16.2. The van der Waals surface area contributed by atoms with Gasteiger partial charge in [-0.2, -0.15) is 5.10 Å². The number of carbonyl (C=O) groups excluding carboxylic acids is 3. The van der Waals surface area contributed by atoms with Crippen LogP contribution in [0.2, 0.25) is 0 Å². The van der Waals surface area contributed by atoms with E-state index >= 15 is 0 Å². The molecule has 1 saturated carbocycles. The predicted molar refractivity (Wildman–Crippen MR) is 124 cm³/mol. The molecule has 0 aliphatic heterocycles. The third-order valence-corrected chi connectivity index (χ3v) is 5.61. The van der Waals surface area contributed by atoms with Crippen molar-refractivity contribution in [3.05, 3.63) is 66.7 Å². The third kappa shape index (κ3) is 6.03. The van der Waals surface area contributed by atoms with Crippen LogP contribution in [0.5, 0.6) is 0 Å². The van der Waals surface area contributed by atoms with Gasteiger partial charge in [0.1, 0.15) is 12.7 Å². The minimum Gasteiger partial charge on any atom is -0.343 e. The van der Waals surface area contributed by atoms with E-state index in [1.54, 1.807) is 59.5 Å². The number of rotatable bonds is 7. The minimum atomic E-state index is -0.388. The maximum atomic E-state index is 12.5. The van der Waals surface area contributed by atoms with Gasteiger partial charge in [0.25, 0.3) is 5.91 Å². The van der Waals surface area contributed by atoms with Crippen LogP contribution < -0.4 is 16.0 Å². The minimum absolute atomic E-state index is 0.00136. The molecule has 3 N–H and O–H groups in total. The van der Waals surface area contributed by atoms with Crippen molar-refractivity contribution in [1.82, 2.24) is 20.1 Å². The molecule has 9 nitrogen and oxygen atoms in total. The highest BCUT2D eigenvalue weighted by Gasteiger charge is 2.21. The van der Waals surface area contributed by atoms with E-state index in [9.17, 15) is 14.4 Å². The lowest BCUT2D eigenvalue weighted by Gasteiger charge is -2.20. The van der Waals surface area contributed by atoms with E-state index in [0.717, 1.165) is 31.4 Å². The van der Waals surface area contributed by atoms with E-state index in [2.05, 4.69) is 26.0 Å². The van der Waals surface area contributed by atoms with Gasteiger partial charge in [-0.05, 0) is 55.3 Å². The normalized spacial score (nSPS) is 13.8. The van der Waals surface area contributed by atoms with Crippen LogP contribution in [0.1, 0.15) is 42.5 Å². The molecule has 0 unspecified atom stereocenters. The van der Waals surface area contributed by atoms with Gasteiger partial charge in [0.2, 0.25) is 11.8 Å². The SMILES string of the molecule is O=C(CNC(=O)c1cccc(NC(=O)C2CCCCC2)c1)Nc1ccc(-n2cncn2)cc1. The van der Waals surface area contributed by atoms with E-state index in [0.29, 0.717) is 16.9 Å². The number of benzene rings is 2. The monoisotopic (exact) mass is 446 g/mol. The first kappa shape index (κ1) is 22.2. The van der Waals surface area contributed by atoms with Crippen LogP contribution in [0.25, 0.3) is 5.69 Å². The second-order valence-corrected chi connectivity index (χ2v) is 8.02. The van der Waals surface area contributed by atoms with Gasteiger partial charge in [0.05, 0.1) is 12.2 Å². The summed E-state index contributed by atoms with van der Waals surface area (Å²) in [5, 5.41) is 12.3. The highest BCUT2D eigenvalue weighted by molar-refractivity contribution is 6.00. The van der Waals surface area contributed by atoms with Gasteiger partial charge < -0.3 is 16.0 Å². The first-order chi connectivity index (χ1) is 16.1. The van der Waals surface area contributed by atoms with Gasteiger partial charge in [-0.25, -0.2) is 9.67 Å². The van der Waals surface area contributed by atoms with Gasteiger partial charge >= 0.3 is 0 Å². The number of nitrogens with zero attached hydrogens (tertiary/aromatic N) is 3. The zero-order valence-corrected chi connectivity index (χ0v) is 18.2. The molecule has 4 rings (SSSR count). The van der Waals surface area contributed by atoms with Gasteiger partial charge in [-0.1, -0.05) is 25.3 Å². The van der Waals surface area contributed by atoms with Crippen LogP contribution in [0.4, 0.5) is 11.4 Å². The molecule has 3 amide bonds. The first-order valence-electron chi connectivity index (χ1n) is 11.0. The molecular formula is C24H26N6O3. The zero-order valence-electron chi connectivity index (χ0n) is 18.2. The Morgan fingerprint density at radius 3 is 2.45 bits per heavy atom. The number of aromatic nitrogens is 3. The molecule has 0 radical (unpaired) electrons. The molecule has 170 valence electrons. The van der Waals surface area contributed by atoms with Gasteiger partial charge in [-0.15, -0.1) is 0 Å². The summed E-state index contributed by atoms with van der Waals surface area (Å²) in [5.41, 5.74) is 2.37. The molecule has 3 aromatic rings. The Hall–Kier alpha value is -4.01. The van der Waals surface area contributed by atoms with Crippen LogP contribution in [0, 0.1) is 5.92 Å². The molecule has 0 spiro atoms. The van der Waals surface area contributed by atoms with Crippen molar-refractivity contribution < 1.29 is 14.4 Å². The molecule has 1 aromatic heterocycles. The number of carbonyl (C=O) groups is 3. The molecule has 0 bridgehead atoms. The second kappa shape index (κ2) is 10.5. The average molecular weight is 447 g/mol. The van der Waals surface area contributed by atoms with Crippen LogP contribution >= 0.6 is 0 Å². The second-order valence-electron chi connectivity index (χ2n) is 8.02. The van der Waals surface area contributed by atoms with Gasteiger partial charge in [-0.3, -0.25) is 14.4 Å². The molecule has 0 atom stereocenters. The fraction of sp³-hybridized carbons (Fsp3) is 0.292. The van der Waals surface area contributed by atoms with Crippen molar-refractivity contribution in [2.45, 2.75) is 32.1 Å². The Kier molecular flexibility index (Phi) is 7.09. The van der Waals surface area contributed by atoms with E-state index in [4.69, 9.17) is 0 Å². The lowest BCUT2D eigenvalue weighted by molar-refractivity contribution is -0.120. The molecule has 0 saturated heterocycles. The fourth-order valence-electron chi connectivity index (χ4n) is 3.85. The van der Waals surface area contributed by atoms with Gasteiger partial charge in [0.15, 0.2) is 0 Å². The van der Waals surface area contributed by atoms with Crippen molar-refractivity contribution in [2.75, 3.05) is 17.2 Å². The van der Waals surface area contributed by atoms with Crippen molar-refractivity contribution in [2.24, 2.45) is 5.92 Å². The van der Waals surface area contributed by atoms with E-state index in [1.807, 2.05) is 0 Å². The number of nitrogens with one attached hydrogen (secondary N) is 3. The highest BCUT2D eigenvalue weighted by Crippen LogP contribution is 2.25. The van der Waals surface area contributed by atoms with Gasteiger partial charge in [0, 0.05) is 22.9 Å². The standard InChI is InChI=1S/C24H26N6O3/c31-22(28-19-9-11-21(12-10-19)30-16-25-15-27-30)14-26-23(32)18-7-4-8-20(13-18)29-24(33)17-5-2-1-3-6-17/h4,7-13,15-17H,1-3,5-6,14H2,(H,26,32)(H,28,31)(H,29,33). The zero-order chi connectivity index (χ0) is 23.0. The van der Waals surface area contributed by atoms with Crippen molar-refractivity contribution in [1.29, 1.82) is 0 Å². The van der Waals surface area contributed by atoms with Crippen LogP contribution in [-0.2, 0) is 9.59 Å². The summed E-state index contributed by atoms with van der Waals surface area (Å²) in [6.07, 6.45) is 8.18. The quantitative estimate of drug-likeness (QED) is 0.515. The Morgan fingerprint density at radius 1 is 0.939 bits per heavy atom. The number of hydrogen-bond acceptors (Lipinski definition) is 5. The maximum Gasteiger partial charge on any atom is 0.251 e. The average Bonchev–Trinajstić information content (AvgIpc) is 3.39. The number of amides is 3. The summed E-state index contributed by atoms with van der Waals surface area (Å²) in [4.78, 5) is 41.1. The summed E-state index contributed by atoms with van der Waals surface area (Å²) in [6.45, 7) is -0.178. The molecule has 1 fully saturated rings. The van der Waals surface area contributed by atoms with E-state index < -0.39 is 0 Å². The predicted octanol–water partition coefficient (Wildman–Crippen LogP) is 3.15. The molecular weight excluding hydrogens is 420 g/mol. The summed E-state index contributed by atoms with van der Waals surface area (Å²) < 4.78 is 1.61. The topological polar surface area (TPSA) is 118 Å². The van der Waals surface area contributed by atoms with Crippen molar-refractivity contribution in [3.63, 3.8) is 0 Å². The Bertz CT molecular complexity index is 1110. The van der Waals surface area contributed by atoms with E-state index in [1.165, 1.54) is 12.7 Å². The molecule has 2 aromatic carbocycles. The Labute approximate surface area is 191 Å². The lowest BCUT2D eigenvalue weighted by Crippen LogP contribution is -2.33. The summed E-state index contributed by atoms with van der Waals surface area (Å²) in [5.74, 6) is -0.703. The maximum absolute atomic E-state index is 12.5. The smallest absolute Gasteiger partial charge is 0.251 e. The summed E-state index contributed by atoms with van der Waals surface area (Å²) >= 11 is 0. The van der Waals surface area contributed by atoms with Crippen molar-refractivity contribution in [3.8, 4) is 5.69 Å².